The van der Waals surface area contributed by atoms with Gasteiger partial charge < -0.3 is 10.2 Å². The van der Waals surface area contributed by atoms with Crippen molar-refractivity contribution in [1.29, 1.82) is 0 Å². The van der Waals surface area contributed by atoms with E-state index in [2.05, 4.69) is 6.92 Å². The van der Waals surface area contributed by atoms with E-state index < -0.39 is 17.2 Å². The van der Waals surface area contributed by atoms with Gasteiger partial charge in [-0.3, -0.25) is 9.59 Å². The number of unbranched alkanes of at least 4 members (excludes halogenated alkanes) is 13. The summed E-state index contributed by atoms with van der Waals surface area (Å²) in [4.78, 5) is 21.5. The van der Waals surface area contributed by atoms with Crippen molar-refractivity contribution in [2.75, 3.05) is 5.75 Å². The molecule has 0 heterocycles. The quantitative estimate of drug-likeness (QED) is 0.171. The number of hydrogen-bond donors (Lipinski definition) is 2. The smallest absolute Gasteiger partial charge is 0.318 e. The molecule has 2 N–H and O–H groups in total. The predicted octanol–water partition coefficient (Wildman–Crippen LogP) is 6.78. The van der Waals surface area contributed by atoms with Crippen molar-refractivity contribution in [3.8, 4) is 0 Å². The molecule has 6 heteroatoms. The van der Waals surface area contributed by atoms with Crippen LogP contribution in [0.1, 0.15) is 103 Å². The molecule has 0 spiro atoms. The van der Waals surface area contributed by atoms with Crippen LogP contribution in [0.15, 0.2) is 0 Å². The lowest BCUT2D eigenvalue weighted by Gasteiger charge is -2.08. The molecule has 0 aromatic rings. The average Bonchev–Trinajstić information content (AvgIpc) is 2.59. The Kier molecular flexibility index (Phi) is 19.1. The number of carbonyl (C=O) groups is 2. The zero-order chi connectivity index (χ0) is 19.5. The van der Waals surface area contributed by atoms with Gasteiger partial charge in [0.25, 0.3) is 0 Å². The first-order valence-corrected chi connectivity index (χ1v) is 12.7. The summed E-state index contributed by atoms with van der Waals surface area (Å²) >= 11 is 0. The van der Waals surface area contributed by atoms with E-state index in [4.69, 9.17) is 10.2 Å². The fraction of sp³-hybridized carbons (Fsp3) is 0.900. The van der Waals surface area contributed by atoms with Crippen molar-refractivity contribution >= 4 is 33.5 Å². The van der Waals surface area contributed by atoms with Crippen LogP contribution in [0.2, 0.25) is 0 Å². The van der Waals surface area contributed by atoms with Crippen LogP contribution in [0.4, 0.5) is 0 Å². The van der Waals surface area contributed by atoms with E-state index in [1.807, 2.05) is 0 Å². The van der Waals surface area contributed by atoms with Crippen LogP contribution in [0.5, 0.6) is 0 Å². The highest BCUT2D eigenvalue weighted by molar-refractivity contribution is 8.77. The summed E-state index contributed by atoms with van der Waals surface area (Å²) in [6, 6.07) is 0. The molecule has 0 aliphatic heterocycles. The van der Waals surface area contributed by atoms with E-state index in [0.29, 0.717) is 0 Å². The molecule has 0 bridgehead atoms. The predicted molar refractivity (Wildman–Crippen MR) is 114 cm³/mol. The Morgan fingerprint density at radius 3 is 1.54 bits per heavy atom. The van der Waals surface area contributed by atoms with Gasteiger partial charge >= 0.3 is 11.9 Å². The van der Waals surface area contributed by atoms with E-state index in [-0.39, 0.29) is 6.42 Å². The number of aliphatic carboxylic acids is 2. The topological polar surface area (TPSA) is 74.6 Å². The molecule has 0 aromatic carbocycles. The van der Waals surface area contributed by atoms with Crippen molar-refractivity contribution in [1.82, 2.24) is 0 Å². The minimum Gasteiger partial charge on any atom is -0.481 e. The Morgan fingerprint density at radius 2 is 1.15 bits per heavy atom. The first-order chi connectivity index (χ1) is 12.6. The molecule has 0 radical (unpaired) electrons. The summed E-state index contributed by atoms with van der Waals surface area (Å²) in [7, 11) is 2.67. The Hall–Kier alpha value is -0.360. The Bertz CT molecular complexity index is 351. The summed E-state index contributed by atoms with van der Waals surface area (Å²) in [5.74, 6) is -1.20. The van der Waals surface area contributed by atoms with Gasteiger partial charge in [0.1, 0.15) is 5.25 Å². The van der Waals surface area contributed by atoms with Gasteiger partial charge in [-0.1, -0.05) is 112 Å². The maximum absolute atomic E-state index is 10.9. The van der Waals surface area contributed by atoms with Gasteiger partial charge in [0.15, 0.2) is 0 Å². The second kappa shape index (κ2) is 19.4. The van der Waals surface area contributed by atoms with Crippen LogP contribution in [0, 0.1) is 0 Å². The summed E-state index contributed by atoms with van der Waals surface area (Å²) in [5.41, 5.74) is 0. The molecule has 0 saturated heterocycles. The van der Waals surface area contributed by atoms with Crippen LogP contribution in [-0.2, 0) is 9.59 Å². The first-order valence-electron chi connectivity index (χ1n) is 10.3. The minimum atomic E-state index is -1.05. The molecular weight excluding hydrogens is 368 g/mol. The number of rotatable bonds is 20. The molecule has 26 heavy (non-hydrogen) atoms. The molecule has 1 atom stereocenters. The molecular formula is C20H38O4S2. The van der Waals surface area contributed by atoms with E-state index in [9.17, 15) is 9.59 Å². The average molecular weight is 407 g/mol. The SMILES string of the molecule is CCCCCCCCCCCCCCCCSSC(CC(=O)O)C(=O)O. The molecule has 0 rings (SSSR count). The van der Waals surface area contributed by atoms with Gasteiger partial charge in [0.2, 0.25) is 0 Å². The standard InChI is InChI=1S/C20H38O4S2/c1-2-3-4-5-6-7-8-9-10-11-12-13-14-15-16-25-26-18(20(23)24)17-19(21)22/h18H,2-17H2,1H3,(H,21,22)(H,23,24). The fourth-order valence-electron chi connectivity index (χ4n) is 2.81. The maximum atomic E-state index is 10.9. The van der Waals surface area contributed by atoms with Gasteiger partial charge in [-0.05, 0) is 6.42 Å². The Labute approximate surface area is 167 Å². The normalized spacial score (nSPS) is 12.2. The fourth-order valence-corrected chi connectivity index (χ4v) is 5.27. The highest BCUT2D eigenvalue weighted by Crippen LogP contribution is 2.30. The van der Waals surface area contributed by atoms with E-state index in [1.165, 1.54) is 105 Å². The number of carboxylic acid groups (broad SMARTS) is 2. The van der Waals surface area contributed by atoms with E-state index >= 15 is 0 Å². The Morgan fingerprint density at radius 1 is 0.731 bits per heavy atom. The third kappa shape index (κ3) is 18.4. The van der Waals surface area contributed by atoms with E-state index in [0.717, 1.165) is 12.2 Å². The molecule has 1 unspecified atom stereocenters. The monoisotopic (exact) mass is 406 g/mol. The molecule has 0 aromatic heterocycles. The van der Waals surface area contributed by atoms with Crippen LogP contribution < -0.4 is 0 Å². The second-order valence-corrected chi connectivity index (χ2v) is 9.63. The summed E-state index contributed by atoms with van der Waals surface area (Å²) in [6.45, 7) is 2.26. The van der Waals surface area contributed by atoms with Gasteiger partial charge in [-0.2, -0.15) is 0 Å². The second-order valence-electron chi connectivity index (χ2n) is 6.94. The molecule has 0 amide bonds. The minimum absolute atomic E-state index is 0.314. The molecule has 154 valence electrons. The van der Waals surface area contributed by atoms with Gasteiger partial charge in [-0.25, -0.2) is 0 Å². The van der Waals surface area contributed by atoms with Gasteiger partial charge in [0, 0.05) is 5.75 Å². The van der Waals surface area contributed by atoms with Crippen LogP contribution in [-0.4, -0.2) is 33.2 Å². The zero-order valence-corrected chi connectivity index (χ0v) is 18.1. The number of hydrogen-bond acceptors (Lipinski definition) is 4. The van der Waals surface area contributed by atoms with Crippen LogP contribution in [0.3, 0.4) is 0 Å². The Balaban J connectivity index is 3.26. The third-order valence-corrected chi connectivity index (χ3v) is 7.20. The van der Waals surface area contributed by atoms with Gasteiger partial charge in [-0.15, -0.1) is 0 Å². The zero-order valence-electron chi connectivity index (χ0n) is 16.4. The molecule has 0 saturated carbocycles. The summed E-state index contributed by atoms with van der Waals surface area (Å²) in [6.07, 6.45) is 18.3. The molecule has 0 aliphatic rings. The summed E-state index contributed by atoms with van der Waals surface area (Å²) in [5, 5.41) is 16.8. The van der Waals surface area contributed by atoms with E-state index in [1.54, 1.807) is 0 Å². The molecule has 0 aliphatic carbocycles. The van der Waals surface area contributed by atoms with Crippen molar-refractivity contribution < 1.29 is 19.8 Å². The highest BCUT2D eigenvalue weighted by atomic mass is 33.1. The molecule has 0 fully saturated rings. The maximum Gasteiger partial charge on any atom is 0.318 e. The van der Waals surface area contributed by atoms with Crippen molar-refractivity contribution in [2.24, 2.45) is 0 Å². The highest BCUT2D eigenvalue weighted by Gasteiger charge is 2.21. The first kappa shape index (κ1) is 25.6. The summed E-state index contributed by atoms with van der Waals surface area (Å²) < 4.78 is 0. The van der Waals surface area contributed by atoms with Crippen molar-refractivity contribution in [2.45, 2.75) is 108 Å². The van der Waals surface area contributed by atoms with Gasteiger partial charge in [0.05, 0.1) is 6.42 Å². The van der Waals surface area contributed by atoms with Crippen molar-refractivity contribution in [3.63, 3.8) is 0 Å². The third-order valence-electron chi connectivity index (χ3n) is 4.40. The largest absolute Gasteiger partial charge is 0.481 e. The van der Waals surface area contributed by atoms with Crippen LogP contribution in [0.25, 0.3) is 0 Å². The number of carboxylic acids is 2. The van der Waals surface area contributed by atoms with Crippen LogP contribution >= 0.6 is 21.6 Å². The molecule has 4 nitrogen and oxygen atoms in total. The van der Waals surface area contributed by atoms with Crippen molar-refractivity contribution in [3.05, 3.63) is 0 Å². The lowest BCUT2D eigenvalue weighted by Crippen LogP contribution is -2.19. The lowest BCUT2D eigenvalue weighted by atomic mass is 10.0. The lowest BCUT2D eigenvalue weighted by molar-refractivity contribution is -0.142.